The topological polar surface area (TPSA) is 56.8 Å². The average Bonchev–Trinajstić information content (AvgIpc) is 3.18. The van der Waals surface area contributed by atoms with E-state index in [0.29, 0.717) is 11.8 Å². The molecule has 1 aromatic carbocycles. The van der Waals surface area contributed by atoms with Crippen LogP contribution in [0.5, 0.6) is 0 Å². The molecule has 2 N–H and O–H groups in total. The summed E-state index contributed by atoms with van der Waals surface area (Å²) in [6, 6.07) is 10.7. The molecule has 0 spiro atoms. The van der Waals surface area contributed by atoms with E-state index in [2.05, 4.69) is 50.7 Å². The van der Waals surface area contributed by atoms with Crippen molar-refractivity contribution in [2.45, 2.75) is 18.3 Å². The van der Waals surface area contributed by atoms with Crippen LogP contribution in [-0.2, 0) is 0 Å². The number of benzene rings is 1. The molecule has 104 valence electrons. The summed E-state index contributed by atoms with van der Waals surface area (Å²) in [6.45, 7) is 4.01. The number of nitrogens with one attached hydrogen (secondary N) is 2. The summed E-state index contributed by atoms with van der Waals surface area (Å²) in [6.07, 6.45) is 1.18. The van der Waals surface area contributed by atoms with E-state index in [1.165, 1.54) is 12.0 Å². The third-order valence-electron chi connectivity index (χ3n) is 4.26. The lowest BCUT2D eigenvalue weighted by Crippen LogP contribution is -2.44. The summed E-state index contributed by atoms with van der Waals surface area (Å²) in [5.74, 6) is 3.04. The van der Waals surface area contributed by atoms with Gasteiger partial charge in [0.25, 0.3) is 0 Å². The number of aromatic amines is 1. The summed E-state index contributed by atoms with van der Waals surface area (Å²) in [5.41, 5.74) is 1.41. The quantitative estimate of drug-likeness (QED) is 0.886. The maximum Gasteiger partial charge on any atom is 0.244 e. The normalized spacial score (nSPS) is 25.7. The van der Waals surface area contributed by atoms with E-state index in [9.17, 15) is 0 Å². The van der Waals surface area contributed by atoms with Crippen LogP contribution in [0.1, 0.15) is 29.6 Å². The zero-order chi connectivity index (χ0) is 13.4. The van der Waals surface area contributed by atoms with E-state index in [1.807, 2.05) is 0 Å². The molecule has 0 radical (unpaired) electrons. The van der Waals surface area contributed by atoms with Crippen molar-refractivity contribution in [1.82, 2.24) is 20.5 Å². The SMILES string of the molecule is c1ccc(C2CC2c2nc(N3CCNCC3)n[nH]2)cc1. The fourth-order valence-electron chi connectivity index (χ4n) is 3.00. The summed E-state index contributed by atoms with van der Waals surface area (Å²) in [5, 5.41) is 10.9. The first-order valence-electron chi connectivity index (χ1n) is 7.35. The average molecular weight is 269 g/mol. The van der Waals surface area contributed by atoms with Crippen molar-refractivity contribution < 1.29 is 0 Å². The molecule has 2 fully saturated rings. The molecule has 20 heavy (non-hydrogen) atoms. The molecule has 5 nitrogen and oxygen atoms in total. The Morgan fingerprint density at radius 3 is 2.65 bits per heavy atom. The van der Waals surface area contributed by atoms with Crippen molar-refractivity contribution in [1.29, 1.82) is 0 Å². The molecule has 0 bridgehead atoms. The zero-order valence-electron chi connectivity index (χ0n) is 11.4. The van der Waals surface area contributed by atoms with E-state index in [0.717, 1.165) is 38.0 Å². The van der Waals surface area contributed by atoms with Crippen molar-refractivity contribution in [3.05, 3.63) is 41.7 Å². The Morgan fingerprint density at radius 1 is 1.05 bits per heavy atom. The second-order valence-corrected chi connectivity index (χ2v) is 5.62. The first-order valence-corrected chi connectivity index (χ1v) is 7.35. The molecular formula is C15H19N5. The Balaban J connectivity index is 1.47. The maximum atomic E-state index is 4.70. The van der Waals surface area contributed by atoms with Gasteiger partial charge in [-0.15, -0.1) is 5.10 Å². The summed E-state index contributed by atoms with van der Waals surface area (Å²) < 4.78 is 0. The van der Waals surface area contributed by atoms with Gasteiger partial charge in [-0.2, -0.15) is 4.98 Å². The van der Waals surface area contributed by atoms with Gasteiger partial charge in [-0.1, -0.05) is 30.3 Å². The van der Waals surface area contributed by atoms with Gasteiger partial charge in [0.1, 0.15) is 5.82 Å². The largest absolute Gasteiger partial charge is 0.337 e. The van der Waals surface area contributed by atoms with Gasteiger partial charge >= 0.3 is 0 Å². The molecule has 1 saturated carbocycles. The summed E-state index contributed by atoms with van der Waals surface area (Å²) >= 11 is 0. The van der Waals surface area contributed by atoms with Gasteiger partial charge in [0.05, 0.1) is 0 Å². The molecule has 0 amide bonds. The number of rotatable bonds is 3. The number of nitrogens with zero attached hydrogens (tertiary/aromatic N) is 3. The Labute approximate surface area is 118 Å². The van der Waals surface area contributed by atoms with Crippen LogP contribution in [0.4, 0.5) is 5.95 Å². The molecule has 2 heterocycles. The van der Waals surface area contributed by atoms with Crippen LogP contribution in [0.3, 0.4) is 0 Å². The standard InChI is InChI=1S/C15H19N5/c1-2-4-11(5-3-1)12-10-13(12)14-17-15(19-18-14)20-8-6-16-7-9-20/h1-5,12-13,16H,6-10H2,(H,17,18,19). The number of aromatic nitrogens is 3. The van der Waals surface area contributed by atoms with Gasteiger partial charge in [0, 0.05) is 32.1 Å². The minimum atomic E-state index is 0.515. The molecular weight excluding hydrogens is 250 g/mol. The van der Waals surface area contributed by atoms with Gasteiger partial charge in [0.15, 0.2) is 0 Å². The molecule has 2 unspecified atom stereocenters. The number of hydrogen-bond donors (Lipinski definition) is 2. The van der Waals surface area contributed by atoms with Gasteiger partial charge in [-0.25, -0.2) is 0 Å². The predicted octanol–water partition coefficient (Wildman–Crippen LogP) is 1.49. The van der Waals surface area contributed by atoms with Gasteiger partial charge in [-0.3, -0.25) is 5.10 Å². The minimum absolute atomic E-state index is 0.515. The number of anilines is 1. The highest BCUT2D eigenvalue weighted by atomic mass is 15.4. The van der Waals surface area contributed by atoms with Crippen molar-refractivity contribution in [3.63, 3.8) is 0 Å². The maximum absolute atomic E-state index is 4.70. The lowest BCUT2D eigenvalue weighted by atomic mass is 10.1. The van der Waals surface area contributed by atoms with Crippen molar-refractivity contribution in [3.8, 4) is 0 Å². The van der Waals surface area contributed by atoms with Gasteiger partial charge < -0.3 is 10.2 Å². The van der Waals surface area contributed by atoms with Gasteiger partial charge in [0.2, 0.25) is 5.95 Å². The van der Waals surface area contributed by atoms with Crippen LogP contribution in [0.25, 0.3) is 0 Å². The van der Waals surface area contributed by atoms with Crippen LogP contribution in [0, 0.1) is 0 Å². The third-order valence-corrected chi connectivity index (χ3v) is 4.26. The Kier molecular flexibility index (Phi) is 2.92. The minimum Gasteiger partial charge on any atom is -0.337 e. The van der Waals surface area contributed by atoms with E-state index in [1.54, 1.807) is 0 Å². The predicted molar refractivity (Wildman–Crippen MR) is 78.0 cm³/mol. The van der Waals surface area contributed by atoms with E-state index < -0.39 is 0 Å². The fraction of sp³-hybridized carbons (Fsp3) is 0.467. The highest BCUT2D eigenvalue weighted by Crippen LogP contribution is 2.53. The molecule has 5 heteroatoms. The zero-order valence-corrected chi connectivity index (χ0v) is 11.4. The third kappa shape index (κ3) is 2.18. The van der Waals surface area contributed by atoms with Crippen molar-refractivity contribution >= 4 is 5.95 Å². The molecule has 2 atom stereocenters. The lowest BCUT2D eigenvalue weighted by Gasteiger charge is -2.25. The van der Waals surface area contributed by atoms with Crippen LogP contribution >= 0.6 is 0 Å². The molecule has 1 aliphatic carbocycles. The molecule has 2 aromatic rings. The lowest BCUT2D eigenvalue weighted by molar-refractivity contribution is 0.580. The van der Waals surface area contributed by atoms with E-state index >= 15 is 0 Å². The molecule has 1 saturated heterocycles. The number of H-pyrrole nitrogens is 1. The molecule has 1 aromatic heterocycles. The smallest absolute Gasteiger partial charge is 0.244 e. The number of hydrogen-bond acceptors (Lipinski definition) is 4. The van der Waals surface area contributed by atoms with Gasteiger partial charge in [-0.05, 0) is 17.9 Å². The summed E-state index contributed by atoms with van der Waals surface area (Å²) in [4.78, 5) is 6.95. The number of piperazine rings is 1. The first kappa shape index (κ1) is 11.9. The Hall–Kier alpha value is -1.88. The molecule has 1 aliphatic heterocycles. The Morgan fingerprint density at radius 2 is 1.85 bits per heavy atom. The van der Waals surface area contributed by atoms with E-state index in [4.69, 9.17) is 4.98 Å². The Bertz CT molecular complexity index is 573. The van der Waals surface area contributed by atoms with Crippen LogP contribution in [0.2, 0.25) is 0 Å². The second-order valence-electron chi connectivity index (χ2n) is 5.62. The second kappa shape index (κ2) is 4.90. The molecule has 2 aliphatic rings. The van der Waals surface area contributed by atoms with Crippen LogP contribution in [0.15, 0.2) is 30.3 Å². The van der Waals surface area contributed by atoms with E-state index in [-0.39, 0.29) is 0 Å². The molecule has 4 rings (SSSR count). The van der Waals surface area contributed by atoms with Crippen LogP contribution in [-0.4, -0.2) is 41.4 Å². The monoisotopic (exact) mass is 269 g/mol. The first-order chi connectivity index (χ1) is 9.92. The van der Waals surface area contributed by atoms with Crippen molar-refractivity contribution in [2.75, 3.05) is 31.1 Å². The fourth-order valence-corrected chi connectivity index (χ4v) is 3.00. The summed E-state index contributed by atoms with van der Waals surface area (Å²) in [7, 11) is 0. The van der Waals surface area contributed by atoms with Crippen molar-refractivity contribution in [2.24, 2.45) is 0 Å². The highest BCUT2D eigenvalue weighted by molar-refractivity contribution is 5.35. The highest BCUT2D eigenvalue weighted by Gasteiger charge is 2.42. The van der Waals surface area contributed by atoms with Crippen LogP contribution < -0.4 is 10.2 Å².